The van der Waals surface area contributed by atoms with E-state index in [0.717, 1.165) is 25.0 Å². The predicted molar refractivity (Wildman–Crippen MR) is 107 cm³/mol. The van der Waals surface area contributed by atoms with Crippen molar-refractivity contribution in [2.45, 2.75) is 43.8 Å². The van der Waals surface area contributed by atoms with Crippen molar-refractivity contribution in [1.29, 1.82) is 0 Å². The first-order valence-corrected chi connectivity index (χ1v) is 10.8. The van der Waals surface area contributed by atoms with Crippen molar-refractivity contribution in [3.8, 4) is 0 Å². The SMILES string of the molecule is O=C(O)C(F)(F)F.O=C(c1cscn1)N1CCC2(CC1)CC(OCc1ccccn1)CO2. The van der Waals surface area contributed by atoms with Gasteiger partial charge in [0.25, 0.3) is 5.91 Å². The summed E-state index contributed by atoms with van der Waals surface area (Å²) in [5, 5.41) is 8.93. The summed E-state index contributed by atoms with van der Waals surface area (Å²) in [4.78, 5) is 31.6. The van der Waals surface area contributed by atoms with E-state index >= 15 is 0 Å². The van der Waals surface area contributed by atoms with Crippen molar-refractivity contribution in [1.82, 2.24) is 14.9 Å². The average Bonchev–Trinajstić information content (AvgIpc) is 3.44. The fourth-order valence-corrected chi connectivity index (χ4v) is 4.07. The van der Waals surface area contributed by atoms with E-state index in [9.17, 15) is 18.0 Å². The fraction of sp³-hybridized carbons (Fsp3) is 0.500. The van der Waals surface area contributed by atoms with Crippen LogP contribution in [0.1, 0.15) is 35.4 Å². The molecule has 0 saturated carbocycles. The number of nitrogens with zero attached hydrogens (tertiary/aromatic N) is 3. The number of likely N-dealkylation sites (tertiary alicyclic amines) is 1. The quantitative estimate of drug-likeness (QED) is 0.728. The molecule has 1 unspecified atom stereocenters. The maximum atomic E-state index is 12.4. The van der Waals surface area contributed by atoms with Crippen molar-refractivity contribution < 1.29 is 37.3 Å². The number of hydrogen-bond acceptors (Lipinski definition) is 7. The summed E-state index contributed by atoms with van der Waals surface area (Å²) < 4.78 is 43.8. The van der Waals surface area contributed by atoms with Crippen LogP contribution in [-0.4, -0.2) is 69.4 Å². The van der Waals surface area contributed by atoms with Crippen molar-refractivity contribution in [2.75, 3.05) is 19.7 Å². The number of piperidine rings is 1. The van der Waals surface area contributed by atoms with Gasteiger partial charge < -0.3 is 19.5 Å². The average molecular weight is 473 g/mol. The Morgan fingerprint density at radius 1 is 1.28 bits per heavy atom. The lowest BCUT2D eigenvalue weighted by molar-refractivity contribution is -0.192. The molecule has 2 fully saturated rings. The van der Waals surface area contributed by atoms with Gasteiger partial charge in [0.05, 0.1) is 36.1 Å². The number of carbonyl (C=O) groups excluding carboxylic acids is 1. The molecule has 1 atom stereocenters. The first-order valence-electron chi connectivity index (χ1n) is 9.82. The van der Waals surface area contributed by atoms with Crippen LogP contribution in [0.5, 0.6) is 0 Å². The molecule has 2 saturated heterocycles. The van der Waals surface area contributed by atoms with E-state index in [4.69, 9.17) is 19.4 Å². The Kier molecular flexibility index (Phi) is 7.80. The molecule has 32 heavy (non-hydrogen) atoms. The Labute approximate surface area is 186 Å². The van der Waals surface area contributed by atoms with Crippen LogP contribution in [-0.2, 0) is 20.9 Å². The van der Waals surface area contributed by atoms with E-state index in [1.807, 2.05) is 23.1 Å². The van der Waals surface area contributed by atoms with E-state index in [2.05, 4.69) is 9.97 Å². The Morgan fingerprint density at radius 3 is 2.56 bits per heavy atom. The van der Waals surface area contributed by atoms with Crippen LogP contribution in [0, 0.1) is 0 Å². The molecule has 8 nitrogen and oxygen atoms in total. The highest BCUT2D eigenvalue weighted by Crippen LogP contribution is 2.37. The second kappa shape index (κ2) is 10.4. The molecule has 0 aliphatic carbocycles. The van der Waals surface area contributed by atoms with Crippen molar-refractivity contribution in [3.05, 3.63) is 46.7 Å². The van der Waals surface area contributed by atoms with E-state index in [1.165, 1.54) is 11.3 Å². The number of thiazole rings is 1. The first kappa shape index (κ1) is 24.1. The van der Waals surface area contributed by atoms with Crippen LogP contribution in [0.3, 0.4) is 0 Å². The molecular formula is C20H22F3N3O5S. The maximum absolute atomic E-state index is 12.4. The molecule has 2 aromatic heterocycles. The van der Waals surface area contributed by atoms with Crippen molar-refractivity contribution >= 4 is 23.2 Å². The monoisotopic (exact) mass is 473 g/mol. The smallest absolute Gasteiger partial charge is 0.475 e. The van der Waals surface area contributed by atoms with Crippen LogP contribution in [0.25, 0.3) is 0 Å². The zero-order valence-electron chi connectivity index (χ0n) is 17.0. The third kappa shape index (κ3) is 6.47. The van der Waals surface area contributed by atoms with E-state index in [0.29, 0.717) is 32.0 Å². The number of aliphatic carboxylic acids is 1. The van der Waals surface area contributed by atoms with E-state index in [1.54, 1.807) is 17.1 Å². The summed E-state index contributed by atoms with van der Waals surface area (Å²) in [6.45, 7) is 2.55. The molecule has 1 N–H and O–H groups in total. The minimum Gasteiger partial charge on any atom is -0.475 e. The number of amides is 1. The number of carboxylic acid groups (broad SMARTS) is 1. The van der Waals surface area contributed by atoms with Gasteiger partial charge in [-0.1, -0.05) is 6.07 Å². The standard InChI is InChI=1S/C18H21N3O3S.C2HF3O2/c22-17(16-12-25-13-20-16)21-7-4-18(5-8-21)9-15(11-24-18)23-10-14-3-1-2-6-19-14;3-2(4,5)1(6)7/h1-3,6,12-13,15H,4-5,7-11H2;(H,6,7). The summed E-state index contributed by atoms with van der Waals surface area (Å²) in [7, 11) is 0. The number of pyridine rings is 1. The second-order valence-corrected chi connectivity index (χ2v) is 8.14. The van der Waals surface area contributed by atoms with Gasteiger partial charge in [0.2, 0.25) is 0 Å². The van der Waals surface area contributed by atoms with Gasteiger partial charge in [-0.05, 0) is 25.0 Å². The number of hydrogen-bond donors (Lipinski definition) is 1. The zero-order valence-corrected chi connectivity index (χ0v) is 17.8. The highest BCUT2D eigenvalue weighted by molar-refractivity contribution is 7.07. The lowest BCUT2D eigenvalue weighted by atomic mass is 9.88. The summed E-state index contributed by atoms with van der Waals surface area (Å²) in [6, 6.07) is 5.83. The minimum atomic E-state index is -5.08. The Bertz CT molecular complexity index is 888. The molecule has 1 spiro atoms. The molecule has 174 valence electrons. The predicted octanol–water partition coefficient (Wildman–Crippen LogP) is 3.15. The third-order valence-electron chi connectivity index (χ3n) is 5.22. The van der Waals surface area contributed by atoms with Crippen LogP contribution < -0.4 is 0 Å². The highest BCUT2D eigenvalue weighted by Gasteiger charge is 2.44. The molecule has 1 amide bonds. The van der Waals surface area contributed by atoms with Crippen molar-refractivity contribution in [3.63, 3.8) is 0 Å². The Balaban J connectivity index is 0.000000360. The topological polar surface area (TPSA) is 102 Å². The molecule has 0 bridgehead atoms. The number of carboxylic acids is 1. The van der Waals surface area contributed by atoms with Crippen LogP contribution in [0.4, 0.5) is 13.2 Å². The maximum Gasteiger partial charge on any atom is 0.490 e. The molecule has 4 heterocycles. The summed E-state index contributed by atoms with van der Waals surface area (Å²) in [5.74, 6) is -2.73. The molecular weight excluding hydrogens is 451 g/mol. The minimum absolute atomic E-state index is 0.0250. The fourth-order valence-electron chi connectivity index (χ4n) is 3.54. The van der Waals surface area contributed by atoms with E-state index < -0.39 is 12.1 Å². The van der Waals surface area contributed by atoms with Crippen molar-refractivity contribution in [2.24, 2.45) is 0 Å². The summed E-state index contributed by atoms with van der Waals surface area (Å²) in [5.41, 5.74) is 3.03. The van der Waals surface area contributed by atoms with Gasteiger partial charge in [-0.25, -0.2) is 9.78 Å². The lowest BCUT2D eigenvalue weighted by Crippen LogP contribution is -2.46. The number of halogens is 3. The number of alkyl halides is 3. The number of ether oxygens (including phenoxy) is 2. The summed E-state index contributed by atoms with van der Waals surface area (Å²) in [6.07, 6.45) is -0.611. The number of aromatic nitrogens is 2. The van der Waals surface area contributed by atoms with Crippen LogP contribution in [0.2, 0.25) is 0 Å². The van der Waals surface area contributed by atoms with E-state index in [-0.39, 0.29) is 17.6 Å². The van der Waals surface area contributed by atoms with Gasteiger partial charge in [-0.15, -0.1) is 11.3 Å². The van der Waals surface area contributed by atoms with Gasteiger partial charge in [-0.2, -0.15) is 13.2 Å². The number of carbonyl (C=O) groups is 2. The van der Waals surface area contributed by atoms with Crippen LogP contribution in [0.15, 0.2) is 35.3 Å². The molecule has 2 aromatic rings. The normalized spacial score (nSPS) is 20.0. The first-order chi connectivity index (χ1) is 15.2. The van der Waals surface area contributed by atoms with Gasteiger partial charge in [-0.3, -0.25) is 9.78 Å². The van der Waals surface area contributed by atoms with Gasteiger partial charge in [0, 0.05) is 31.1 Å². The lowest BCUT2D eigenvalue weighted by Gasteiger charge is -2.38. The van der Waals surface area contributed by atoms with Gasteiger partial charge in [0.15, 0.2) is 0 Å². The summed E-state index contributed by atoms with van der Waals surface area (Å²) >= 11 is 1.45. The highest BCUT2D eigenvalue weighted by atomic mass is 32.1. The Morgan fingerprint density at radius 2 is 2.00 bits per heavy atom. The van der Waals surface area contributed by atoms with Crippen LogP contribution >= 0.6 is 11.3 Å². The molecule has 2 aliphatic heterocycles. The van der Waals surface area contributed by atoms with Gasteiger partial charge >= 0.3 is 12.1 Å². The molecule has 0 radical (unpaired) electrons. The van der Waals surface area contributed by atoms with Gasteiger partial charge in [0.1, 0.15) is 5.69 Å². The molecule has 12 heteroatoms. The third-order valence-corrected chi connectivity index (χ3v) is 5.81. The number of rotatable bonds is 4. The second-order valence-electron chi connectivity index (χ2n) is 7.42. The largest absolute Gasteiger partial charge is 0.490 e. The Hall–Kier alpha value is -2.57. The molecule has 4 rings (SSSR count). The molecule has 0 aromatic carbocycles. The molecule has 2 aliphatic rings. The zero-order chi connectivity index (χ0) is 23.2.